The van der Waals surface area contributed by atoms with E-state index >= 15 is 0 Å². The number of carbonyl (C=O) groups excluding carboxylic acids is 1. The number of aliphatic imine (C=N–C) groups is 1. The molecule has 0 saturated heterocycles. The number of rotatable bonds is 4. The third-order valence-corrected chi connectivity index (χ3v) is 4.09. The molecule has 1 aromatic carbocycles. The molecule has 2 aliphatic carbocycles. The Morgan fingerprint density at radius 1 is 1.39 bits per heavy atom. The standard InChI is InChI=1S/C14H14ClNO2/c15-12-8-10(14(6-7-14)16-9-17)4-5-13(12)18-11-2-1-3-11/h4-5,8,11H,1-3,6-7H2. The summed E-state index contributed by atoms with van der Waals surface area (Å²) < 4.78 is 5.79. The molecule has 18 heavy (non-hydrogen) atoms. The fraction of sp³-hybridized carbons (Fsp3) is 0.500. The first-order valence-corrected chi connectivity index (χ1v) is 6.67. The highest BCUT2D eigenvalue weighted by atomic mass is 35.5. The van der Waals surface area contributed by atoms with Gasteiger partial charge in [-0.2, -0.15) is 4.99 Å². The van der Waals surface area contributed by atoms with Crippen LogP contribution in [0.25, 0.3) is 0 Å². The first kappa shape index (κ1) is 11.8. The van der Waals surface area contributed by atoms with Crippen molar-refractivity contribution >= 4 is 17.7 Å². The topological polar surface area (TPSA) is 38.7 Å². The van der Waals surface area contributed by atoms with Crippen LogP contribution in [0.2, 0.25) is 5.02 Å². The lowest BCUT2D eigenvalue weighted by atomic mass is 9.96. The largest absolute Gasteiger partial charge is 0.489 e. The third kappa shape index (κ3) is 2.05. The van der Waals surface area contributed by atoms with Gasteiger partial charge in [0.25, 0.3) is 0 Å². The zero-order valence-corrected chi connectivity index (χ0v) is 10.7. The van der Waals surface area contributed by atoms with Gasteiger partial charge in [0.1, 0.15) is 5.75 Å². The Hall–Kier alpha value is -1.31. The quantitative estimate of drug-likeness (QED) is 0.615. The molecule has 2 fully saturated rings. The number of hydrogen-bond acceptors (Lipinski definition) is 3. The van der Waals surface area contributed by atoms with Crippen molar-refractivity contribution in [3.05, 3.63) is 28.8 Å². The number of hydrogen-bond donors (Lipinski definition) is 0. The lowest BCUT2D eigenvalue weighted by molar-refractivity contribution is 0.120. The Labute approximate surface area is 111 Å². The van der Waals surface area contributed by atoms with Crippen molar-refractivity contribution in [1.29, 1.82) is 0 Å². The summed E-state index contributed by atoms with van der Waals surface area (Å²) in [6.45, 7) is 0. The number of benzene rings is 1. The van der Waals surface area contributed by atoms with Gasteiger partial charge in [-0.3, -0.25) is 0 Å². The van der Waals surface area contributed by atoms with E-state index in [1.165, 1.54) is 6.42 Å². The van der Waals surface area contributed by atoms with Crippen LogP contribution < -0.4 is 4.74 Å². The van der Waals surface area contributed by atoms with Crippen LogP contribution in [-0.4, -0.2) is 12.2 Å². The van der Waals surface area contributed by atoms with E-state index in [9.17, 15) is 4.79 Å². The average Bonchev–Trinajstić information content (AvgIpc) is 3.06. The predicted molar refractivity (Wildman–Crippen MR) is 68.8 cm³/mol. The zero-order chi connectivity index (χ0) is 12.6. The summed E-state index contributed by atoms with van der Waals surface area (Å²) in [7, 11) is 0. The molecule has 0 N–H and O–H groups in total. The number of halogens is 1. The van der Waals surface area contributed by atoms with E-state index < -0.39 is 0 Å². The SMILES string of the molecule is O=C=NC1(c2ccc(OC3CCC3)c(Cl)c2)CC1. The minimum absolute atomic E-state index is 0.316. The summed E-state index contributed by atoms with van der Waals surface area (Å²) in [5.41, 5.74) is 0.622. The minimum atomic E-state index is -0.361. The van der Waals surface area contributed by atoms with Crippen molar-refractivity contribution in [2.24, 2.45) is 4.99 Å². The number of nitrogens with zero attached hydrogens (tertiary/aromatic N) is 1. The molecule has 4 heteroatoms. The molecule has 0 radical (unpaired) electrons. The van der Waals surface area contributed by atoms with E-state index in [1.54, 1.807) is 6.08 Å². The summed E-state index contributed by atoms with van der Waals surface area (Å²) in [6, 6.07) is 5.70. The molecule has 3 rings (SSSR count). The molecule has 0 spiro atoms. The molecule has 0 bridgehead atoms. The van der Waals surface area contributed by atoms with Gasteiger partial charge in [0.15, 0.2) is 0 Å². The molecule has 2 saturated carbocycles. The first-order valence-electron chi connectivity index (χ1n) is 6.29. The van der Waals surface area contributed by atoms with Gasteiger partial charge in [-0.25, -0.2) is 4.79 Å². The van der Waals surface area contributed by atoms with Gasteiger partial charge in [0.2, 0.25) is 6.08 Å². The summed E-state index contributed by atoms with van der Waals surface area (Å²) in [4.78, 5) is 14.3. The maximum Gasteiger partial charge on any atom is 0.235 e. The van der Waals surface area contributed by atoms with Gasteiger partial charge in [0, 0.05) is 0 Å². The van der Waals surface area contributed by atoms with Crippen LogP contribution >= 0.6 is 11.6 Å². The molecule has 0 amide bonds. The van der Waals surface area contributed by atoms with Crippen molar-refractivity contribution in [1.82, 2.24) is 0 Å². The Morgan fingerprint density at radius 2 is 2.17 bits per heavy atom. The minimum Gasteiger partial charge on any atom is -0.489 e. The smallest absolute Gasteiger partial charge is 0.235 e. The molecule has 0 atom stereocenters. The highest BCUT2D eigenvalue weighted by Gasteiger charge is 2.45. The Morgan fingerprint density at radius 3 is 2.67 bits per heavy atom. The fourth-order valence-electron chi connectivity index (χ4n) is 2.22. The number of isocyanates is 1. The second-order valence-corrected chi connectivity index (χ2v) is 5.46. The second kappa shape index (κ2) is 4.42. The lowest BCUT2D eigenvalue weighted by Crippen LogP contribution is -2.24. The third-order valence-electron chi connectivity index (χ3n) is 3.80. The van der Waals surface area contributed by atoms with E-state index in [-0.39, 0.29) is 5.54 Å². The van der Waals surface area contributed by atoms with E-state index in [4.69, 9.17) is 16.3 Å². The molecule has 94 valence electrons. The van der Waals surface area contributed by atoms with E-state index in [1.807, 2.05) is 18.2 Å². The first-order chi connectivity index (χ1) is 8.73. The monoisotopic (exact) mass is 263 g/mol. The summed E-state index contributed by atoms with van der Waals surface area (Å²) >= 11 is 6.22. The summed E-state index contributed by atoms with van der Waals surface area (Å²) in [5, 5.41) is 0.603. The van der Waals surface area contributed by atoms with Crippen molar-refractivity contribution in [2.75, 3.05) is 0 Å². The van der Waals surface area contributed by atoms with Gasteiger partial charge in [-0.15, -0.1) is 0 Å². The predicted octanol–water partition coefficient (Wildman–Crippen LogP) is 3.60. The van der Waals surface area contributed by atoms with E-state index in [2.05, 4.69) is 4.99 Å². The average molecular weight is 264 g/mol. The Kier molecular flexibility index (Phi) is 2.89. The van der Waals surface area contributed by atoms with E-state index in [0.29, 0.717) is 11.1 Å². The number of ether oxygens (including phenoxy) is 1. The summed E-state index contributed by atoms with van der Waals surface area (Å²) in [6.07, 6.45) is 7.20. The molecular weight excluding hydrogens is 250 g/mol. The highest BCUT2D eigenvalue weighted by molar-refractivity contribution is 6.32. The van der Waals surface area contributed by atoms with Crippen LogP contribution in [-0.2, 0) is 10.3 Å². The molecule has 0 unspecified atom stereocenters. The Bertz CT molecular complexity index is 515. The van der Waals surface area contributed by atoms with Crippen LogP contribution in [0.3, 0.4) is 0 Å². The molecule has 0 heterocycles. The fourth-order valence-corrected chi connectivity index (χ4v) is 2.45. The normalized spacial score (nSPS) is 20.7. The van der Waals surface area contributed by atoms with Crippen molar-refractivity contribution in [2.45, 2.75) is 43.7 Å². The van der Waals surface area contributed by atoms with Crippen LogP contribution in [0.1, 0.15) is 37.7 Å². The van der Waals surface area contributed by atoms with Crippen molar-refractivity contribution in [3.8, 4) is 5.75 Å². The van der Waals surface area contributed by atoms with E-state index in [0.717, 1.165) is 37.0 Å². The van der Waals surface area contributed by atoms with Gasteiger partial charge >= 0.3 is 0 Å². The Balaban J connectivity index is 1.82. The highest BCUT2D eigenvalue weighted by Crippen LogP contribution is 2.50. The molecule has 0 aliphatic heterocycles. The molecular formula is C14H14ClNO2. The second-order valence-electron chi connectivity index (χ2n) is 5.05. The van der Waals surface area contributed by atoms with Gasteiger partial charge < -0.3 is 4.74 Å². The maximum atomic E-state index is 10.4. The lowest BCUT2D eigenvalue weighted by Gasteiger charge is -2.27. The van der Waals surface area contributed by atoms with Crippen LogP contribution in [0.5, 0.6) is 5.75 Å². The zero-order valence-electron chi connectivity index (χ0n) is 9.99. The summed E-state index contributed by atoms with van der Waals surface area (Å²) in [5.74, 6) is 0.732. The molecule has 0 aromatic heterocycles. The van der Waals surface area contributed by atoms with Crippen molar-refractivity contribution in [3.63, 3.8) is 0 Å². The molecule has 1 aromatic rings. The van der Waals surface area contributed by atoms with Gasteiger partial charge in [-0.1, -0.05) is 17.7 Å². The van der Waals surface area contributed by atoms with Crippen LogP contribution in [0.4, 0.5) is 0 Å². The molecule has 3 nitrogen and oxygen atoms in total. The van der Waals surface area contributed by atoms with Crippen molar-refractivity contribution < 1.29 is 9.53 Å². The molecule has 2 aliphatic rings. The van der Waals surface area contributed by atoms with Gasteiger partial charge in [0.05, 0.1) is 16.7 Å². The van der Waals surface area contributed by atoms with Gasteiger partial charge in [-0.05, 0) is 49.8 Å². The maximum absolute atomic E-state index is 10.4. The van der Waals surface area contributed by atoms with Crippen LogP contribution in [0, 0.1) is 0 Å². The van der Waals surface area contributed by atoms with Crippen LogP contribution in [0.15, 0.2) is 23.2 Å².